The maximum atomic E-state index is 11.6. The SMILES string of the molecule is CCNC1CCC(N2CCCOC2=O)CC1. The first-order chi connectivity index (χ1) is 7.81. The second kappa shape index (κ2) is 5.53. The fourth-order valence-corrected chi connectivity index (χ4v) is 2.78. The third kappa shape index (κ3) is 2.67. The van der Waals surface area contributed by atoms with E-state index in [1.807, 2.05) is 4.90 Å². The van der Waals surface area contributed by atoms with Crippen molar-refractivity contribution in [2.75, 3.05) is 19.7 Å². The van der Waals surface area contributed by atoms with Crippen LogP contribution in [0.4, 0.5) is 4.79 Å². The van der Waals surface area contributed by atoms with Crippen LogP contribution in [0.1, 0.15) is 39.0 Å². The van der Waals surface area contributed by atoms with E-state index in [9.17, 15) is 4.79 Å². The predicted octanol–water partition coefficient (Wildman–Crippen LogP) is 1.75. The number of nitrogens with one attached hydrogen (secondary N) is 1. The average Bonchev–Trinajstić information content (AvgIpc) is 2.31. The first-order valence-electron chi connectivity index (χ1n) is 6.48. The zero-order valence-electron chi connectivity index (χ0n) is 10.1. The summed E-state index contributed by atoms with van der Waals surface area (Å²) < 4.78 is 5.09. The lowest BCUT2D eigenvalue weighted by Crippen LogP contribution is -2.48. The van der Waals surface area contributed by atoms with Gasteiger partial charge in [0, 0.05) is 18.6 Å². The molecular weight excluding hydrogens is 204 g/mol. The number of rotatable bonds is 3. The third-order valence-electron chi connectivity index (χ3n) is 3.63. The lowest BCUT2D eigenvalue weighted by molar-refractivity contribution is 0.0448. The molecule has 0 spiro atoms. The summed E-state index contributed by atoms with van der Waals surface area (Å²) in [6, 6.07) is 1.07. The Morgan fingerprint density at radius 3 is 2.75 bits per heavy atom. The number of amides is 1. The molecule has 1 amide bonds. The van der Waals surface area contributed by atoms with Gasteiger partial charge in [-0.1, -0.05) is 6.92 Å². The van der Waals surface area contributed by atoms with E-state index in [-0.39, 0.29) is 6.09 Å². The molecule has 0 unspecified atom stereocenters. The van der Waals surface area contributed by atoms with Crippen LogP contribution in [-0.4, -0.2) is 42.8 Å². The molecule has 1 aliphatic carbocycles. The molecule has 1 aliphatic heterocycles. The molecule has 2 fully saturated rings. The van der Waals surface area contributed by atoms with Crippen LogP contribution in [0.15, 0.2) is 0 Å². The lowest BCUT2D eigenvalue weighted by atomic mass is 9.90. The Labute approximate surface area is 97.3 Å². The highest BCUT2D eigenvalue weighted by Crippen LogP contribution is 2.25. The molecule has 4 nitrogen and oxygen atoms in total. The van der Waals surface area contributed by atoms with Crippen LogP contribution in [0.5, 0.6) is 0 Å². The number of hydrogen-bond acceptors (Lipinski definition) is 3. The molecule has 4 heteroatoms. The van der Waals surface area contributed by atoms with Crippen molar-refractivity contribution in [2.45, 2.75) is 51.1 Å². The van der Waals surface area contributed by atoms with E-state index in [2.05, 4.69) is 12.2 Å². The van der Waals surface area contributed by atoms with Gasteiger partial charge < -0.3 is 15.0 Å². The van der Waals surface area contributed by atoms with Crippen LogP contribution < -0.4 is 5.32 Å². The van der Waals surface area contributed by atoms with Crippen molar-refractivity contribution < 1.29 is 9.53 Å². The van der Waals surface area contributed by atoms with Crippen LogP contribution in [-0.2, 0) is 4.74 Å². The largest absolute Gasteiger partial charge is 0.449 e. The zero-order chi connectivity index (χ0) is 11.4. The molecule has 2 rings (SSSR count). The molecule has 1 saturated carbocycles. The van der Waals surface area contributed by atoms with Gasteiger partial charge in [-0.25, -0.2) is 4.79 Å². The van der Waals surface area contributed by atoms with Gasteiger partial charge in [-0.15, -0.1) is 0 Å². The molecule has 1 heterocycles. The van der Waals surface area contributed by atoms with Crippen molar-refractivity contribution in [3.05, 3.63) is 0 Å². The van der Waals surface area contributed by atoms with Gasteiger partial charge in [0.05, 0.1) is 6.61 Å². The minimum atomic E-state index is -0.0989. The number of carbonyl (C=O) groups is 1. The van der Waals surface area contributed by atoms with Gasteiger partial charge in [0.1, 0.15) is 0 Å². The van der Waals surface area contributed by atoms with Crippen LogP contribution in [0.3, 0.4) is 0 Å². The highest BCUT2D eigenvalue weighted by molar-refractivity contribution is 5.68. The summed E-state index contributed by atoms with van der Waals surface area (Å²) in [5, 5.41) is 3.48. The monoisotopic (exact) mass is 226 g/mol. The first kappa shape index (κ1) is 11.7. The molecule has 0 atom stereocenters. The quantitative estimate of drug-likeness (QED) is 0.797. The van der Waals surface area contributed by atoms with E-state index in [4.69, 9.17) is 4.74 Å². The second-order valence-corrected chi connectivity index (χ2v) is 4.72. The molecule has 1 saturated heterocycles. The van der Waals surface area contributed by atoms with Crippen molar-refractivity contribution in [3.63, 3.8) is 0 Å². The van der Waals surface area contributed by atoms with Crippen molar-refractivity contribution >= 4 is 6.09 Å². The van der Waals surface area contributed by atoms with E-state index >= 15 is 0 Å². The van der Waals surface area contributed by atoms with Gasteiger partial charge in [0.2, 0.25) is 0 Å². The lowest BCUT2D eigenvalue weighted by Gasteiger charge is -2.38. The van der Waals surface area contributed by atoms with Crippen molar-refractivity contribution in [1.82, 2.24) is 10.2 Å². The number of hydrogen-bond donors (Lipinski definition) is 1. The molecule has 0 aromatic rings. The number of cyclic esters (lactones) is 1. The van der Waals surface area contributed by atoms with E-state index in [0.29, 0.717) is 18.7 Å². The summed E-state index contributed by atoms with van der Waals surface area (Å²) in [4.78, 5) is 13.5. The minimum Gasteiger partial charge on any atom is -0.449 e. The molecule has 2 aliphatic rings. The van der Waals surface area contributed by atoms with Gasteiger partial charge in [-0.2, -0.15) is 0 Å². The molecule has 0 aromatic heterocycles. The summed E-state index contributed by atoms with van der Waals surface area (Å²) >= 11 is 0. The summed E-state index contributed by atoms with van der Waals surface area (Å²) in [6.45, 7) is 4.67. The van der Waals surface area contributed by atoms with Gasteiger partial charge >= 0.3 is 6.09 Å². The van der Waals surface area contributed by atoms with Crippen molar-refractivity contribution in [1.29, 1.82) is 0 Å². The second-order valence-electron chi connectivity index (χ2n) is 4.72. The summed E-state index contributed by atoms with van der Waals surface area (Å²) in [6.07, 6.45) is 5.49. The minimum absolute atomic E-state index is 0.0989. The Hall–Kier alpha value is -0.770. The topological polar surface area (TPSA) is 41.6 Å². The highest BCUT2D eigenvalue weighted by atomic mass is 16.6. The molecule has 0 aromatic carbocycles. The first-order valence-corrected chi connectivity index (χ1v) is 6.48. The third-order valence-corrected chi connectivity index (χ3v) is 3.63. The average molecular weight is 226 g/mol. The van der Waals surface area contributed by atoms with Gasteiger partial charge in [-0.05, 0) is 38.6 Å². The molecule has 1 N–H and O–H groups in total. The zero-order valence-corrected chi connectivity index (χ0v) is 10.1. The number of ether oxygens (including phenoxy) is 1. The molecular formula is C12H22N2O2. The normalized spacial score (nSPS) is 31.3. The fraction of sp³-hybridized carbons (Fsp3) is 0.917. The fourth-order valence-electron chi connectivity index (χ4n) is 2.78. The Kier molecular flexibility index (Phi) is 4.04. The standard InChI is InChI=1S/C12H22N2O2/c1-2-13-10-4-6-11(7-5-10)14-8-3-9-16-12(14)15/h10-11,13H,2-9H2,1H3. The van der Waals surface area contributed by atoms with Gasteiger partial charge in [0.25, 0.3) is 0 Å². The van der Waals surface area contributed by atoms with Gasteiger partial charge in [0.15, 0.2) is 0 Å². The number of nitrogens with zero attached hydrogens (tertiary/aromatic N) is 1. The van der Waals surface area contributed by atoms with Crippen LogP contribution in [0.25, 0.3) is 0 Å². The van der Waals surface area contributed by atoms with Crippen LogP contribution in [0.2, 0.25) is 0 Å². The van der Waals surface area contributed by atoms with E-state index in [0.717, 1.165) is 32.4 Å². The van der Waals surface area contributed by atoms with Crippen molar-refractivity contribution in [2.24, 2.45) is 0 Å². The maximum absolute atomic E-state index is 11.6. The molecule has 0 bridgehead atoms. The summed E-state index contributed by atoms with van der Waals surface area (Å²) in [7, 11) is 0. The Morgan fingerprint density at radius 1 is 1.38 bits per heavy atom. The van der Waals surface area contributed by atoms with E-state index in [1.54, 1.807) is 0 Å². The Morgan fingerprint density at radius 2 is 2.12 bits per heavy atom. The van der Waals surface area contributed by atoms with Crippen molar-refractivity contribution in [3.8, 4) is 0 Å². The molecule has 92 valence electrons. The van der Waals surface area contributed by atoms with Crippen LogP contribution in [0, 0.1) is 0 Å². The Bertz CT molecular complexity index is 237. The Balaban J connectivity index is 1.81. The van der Waals surface area contributed by atoms with E-state index < -0.39 is 0 Å². The van der Waals surface area contributed by atoms with Crippen LogP contribution >= 0.6 is 0 Å². The smallest absolute Gasteiger partial charge is 0.410 e. The van der Waals surface area contributed by atoms with E-state index in [1.165, 1.54) is 12.8 Å². The summed E-state index contributed by atoms with van der Waals surface area (Å²) in [5.41, 5.74) is 0. The molecule has 16 heavy (non-hydrogen) atoms. The van der Waals surface area contributed by atoms with Gasteiger partial charge in [-0.3, -0.25) is 0 Å². The highest BCUT2D eigenvalue weighted by Gasteiger charge is 2.30. The predicted molar refractivity (Wildman–Crippen MR) is 62.4 cm³/mol. The molecule has 0 radical (unpaired) electrons. The summed E-state index contributed by atoms with van der Waals surface area (Å²) in [5.74, 6) is 0. The maximum Gasteiger partial charge on any atom is 0.410 e. The number of carbonyl (C=O) groups excluding carboxylic acids is 1.